The largest absolute Gasteiger partial charge is 0.477 e. The maximum atomic E-state index is 11.8. The van der Waals surface area contributed by atoms with Gasteiger partial charge >= 0.3 is 5.97 Å². The summed E-state index contributed by atoms with van der Waals surface area (Å²) in [7, 11) is 1.71. The molecule has 0 radical (unpaired) electrons. The van der Waals surface area contributed by atoms with Gasteiger partial charge < -0.3 is 9.67 Å². The van der Waals surface area contributed by atoms with Crippen LogP contribution in [0.1, 0.15) is 47.6 Å². The van der Waals surface area contributed by atoms with Gasteiger partial charge in [-0.2, -0.15) is 5.26 Å². The molecule has 4 heteroatoms. The lowest BCUT2D eigenvalue weighted by Gasteiger charge is -2.08. The van der Waals surface area contributed by atoms with Crippen LogP contribution in [-0.2, 0) is 13.5 Å². The average molecular weight is 358 g/mol. The molecule has 0 bridgehead atoms. The molecule has 1 aromatic heterocycles. The van der Waals surface area contributed by atoms with Crippen LogP contribution in [0.3, 0.4) is 0 Å². The zero-order chi connectivity index (χ0) is 19.6. The molecule has 0 amide bonds. The third kappa shape index (κ3) is 3.37. The standard InChI is InChI=1S/C23H22N2O2/c1-4-20-19(14-24)21(22(23(26)27)25(20)3)18-12-10-17(11-13-18)16-7-5-6-15(2)8-9-16/h5-6,8-13H,4,7H2,1-3H3,(H,26,27). The van der Waals surface area contributed by atoms with Crippen molar-refractivity contribution >= 4 is 11.5 Å². The molecule has 0 unspecified atom stereocenters. The number of aromatic nitrogens is 1. The van der Waals surface area contributed by atoms with Crippen LogP contribution in [0.15, 0.2) is 54.1 Å². The summed E-state index contributed by atoms with van der Waals surface area (Å²) < 4.78 is 1.62. The van der Waals surface area contributed by atoms with E-state index in [0.29, 0.717) is 17.5 Å². The van der Waals surface area contributed by atoms with Gasteiger partial charge in [0.05, 0.1) is 5.56 Å². The molecule has 1 aliphatic carbocycles. The molecule has 0 saturated carbocycles. The smallest absolute Gasteiger partial charge is 0.353 e. The van der Waals surface area contributed by atoms with Crippen LogP contribution in [0.2, 0.25) is 0 Å². The van der Waals surface area contributed by atoms with E-state index in [0.717, 1.165) is 23.2 Å². The normalized spacial score (nSPS) is 13.6. The summed E-state index contributed by atoms with van der Waals surface area (Å²) in [6.45, 7) is 3.99. The van der Waals surface area contributed by atoms with E-state index in [1.165, 1.54) is 11.1 Å². The van der Waals surface area contributed by atoms with Crippen LogP contribution in [0.5, 0.6) is 0 Å². The number of carboxylic acids is 1. The number of hydrogen-bond acceptors (Lipinski definition) is 2. The zero-order valence-corrected chi connectivity index (χ0v) is 15.8. The number of carbonyl (C=O) groups is 1. The first-order valence-corrected chi connectivity index (χ1v) is 8.97. The highest BCUT2D eigenvalue weighted by molar-refractivity contribution is 5.97. The highest BCUT2D eigenvalue weighted by atomic mass is 16.4. The second-order valence-corrected chi connectivity index (χ2v) is 6.66. The third-order valence-corrected chi connectivity index (χ3v) is 4.98. The molecule has 136 valence electrons. The first-order valence-electron chi connectivity index (χ1n) is 8.97. The number of hydrogen-bond donors (Lipinski definition) is 1. The summed E-state index contributed by atoms with van der Waals surface area (Å²) in [6.07, 6.45) is 9.90. The van der Waals surface area contributed by atoms with Crippen molar-refractivity contribution in [3.05, 3.63) is 76.7 Å². The molecule has 0 saturated heterocycles. The summed E-state index contributed by atoms with van der Waals surface area (Å²) in [4.78, 5) is 11.8. The summed E-state index contributed by atoms with van der Waals surface area (Å²) >= 11 is 0. The van der Waals surface area contributed by atoms with Crippen LogP contribution in [-0.4, -0.2) is 15.6 Å². The van der Waals surface area contributed by atoms with Crippen molar-refractivity contribution in [1.82, 2.24) is 4.57 Å². The molecule has 0 aliphatic heterocycles. The first kappa shape index (κ1) is 18.5. The molecule has 4 nitrogen and oxygen atoms in total. The van der Waals surface area contributed by atoms with Crippen LogP contribution < -0.4 is 0 Å². The molecule has 1 N–H and O–H groups in total. The van der Waals surface area contributed by atoms with Gasteiger partial charge in [-0.15, -0.1) is 0 Å². The molecule has 3 rings (SSSR count). The predicted octanol–water partition coefficient (Wildman–Crippen LogP) is 5.11. The molecule has 0 atom stereocenters. The van der Waals surface area contributed by atoms with Crippen molar-refractivity contribution in [2.75, 3.05) is 0 Å². The first-order chi connectivity index (χ1) is 13.0. The Balaban J connectivity index is 2.10. The van der Waals surface area contributed by atoms with E-state index in [-0.39, 0.29) is 5.69 Å². The number of carboxylic acid groups (broad SMARTS) is 1. The van der Waals surface area contributed by atoms with Gasteiger partial charge in [0.2, 0.25) is 0 Å². The van der Waals surface area contributed by atoms with Gasteiger partial charge in [-0.05, 0) is 36.5 Å². The van der Waals surface area contributed by atoms with E-state index in [4.69, 9.17) is 0 Å². The Kier molecular flexibility index (Phi) is 5.14. The number of allylic oxidation sites excluding steroid dienone is 6. The van der Waals surface area contributed by atoms with E-state index in [2.05, 4.69) is 37.3 Å². The highest BCUT2D eigenvalue weighted by Crippen LogP contribution is 2.34. The number of nitrogens with zero attached hydrogens (tertiary/aromatic N) is 2. The van der Waals surface area contributed by atoms with Crippen molar-refractivity contribution in [3.63, 3.8) is 0 Å². The van der Waals surface area contributed by atoms with Gasteiger partial charge in [0.15, 0.2) is 0 Å². The second kappa shape index (κ2) is 7.51. The molecule has 1 aromatic carbocycles. The lowest BCUT2D eigenvalue weighted by molar-refractivity contribution is 0.0687. The molecule has 2 aromatic rings. The van der Waals surface area contributed by atoms with Crippen LogP contribution in [0, 0.1) is 11.3 Å². The minimum Gasteiger partial charge on any atom is -0.477 e. The summed E-state index contributed by atoms with van der Waals surface area (Å²) in [6, 6.07) is 10.0. The van der Waals surface area contributed by atoms with E-state index < -0.39 is 5.97 Å². The number of benzene rings is 1. The highest BCUT2D eigenvalue weighted by Gasteiger charge is 2.25. The fourth-order valence-corrected chi connectivity index (χ4v) is 3.59. The topological polar surface area (TPSA) is 66.0 Å². The van der Waals surface area contributed by atoms with Gasteiger partial charge in [-0.25, -0.2) is 4.79 Å². The fourth-order valence-electron chi connectivity index (χ4n) is 3.59. The Bertz CT molecular complexity index is 1030. The van der Waals surface area contributed by atoms with Crippen molar-refractivity contribution in [3.8, 4) is 17.2 Å². The Hall–Kier alpha value is -3.32. The van der Waals surface area contributed by atoms with Gasteiger partial charge in [0.1, 0.15) is 11.8 Å². The molecule has 0 spiro atoms. The number of aromatic carboxylic acids is 1. The Morgan fingerprint density at radius 2 is 1.89 bits per heavy atom. The van der Waals surface area contributed by atoms with E-state index >= 15 is 0 Å². The minimum absolute atomic E-state index is 0.159. The van der Waals surface area contributed by atoms with Gasteiger partial charge in [0, 0.05) is 18.3 Å². The van der Waals surface area contributed by atoms with Gasteiger partial charge in [-0.1, -0.05) is 61.1 Å². The van der Waals surface area contributed by atoms with Crippen LogP contribution in [0.25, 0.3) is 16.7 Å². The minimum atomic E-state index is -1.02. The van der Waals surface area contributed by atoms with Crippen LogP contribution in [0.4, 0.5) is 0 Å². The Morgan fingerprint density at radius 1 is 1.22 bits per heavy atom. The average Bonchev–Trinajstić information content (AvgIpc) is 2.78. The fraction of sp³-hybridized carbons (Fsp3) is 0.217. The molecule has 0 fully saturated rings. The molecular weight excluding hydrogens is 336 g/mol. The van der Waals surface area contributed by atoms with Gasteiger partial charge in [0.25, 0.3) is 0 Å². The Morgan fingerprint density at radius 3 is 2.48 bits per heavy atom. The summed E-state index contributed by atoms with van der Waals surface area (Å²) in [5.74, 6) is -1.02. The summed E-state index contributed by atoms with van der Waals surface area (Å²) in [5, 5.41) is 19.3. The van der Waals surface area contributed by atoms with Crippen LogP contribution >= 0.6 is 0 Å². The third-order valence-electron chi connectivity index (χ3n) is 4.98. The predicted molar refractivity (Wildman–Crippen MR) is 107 cm³/mol. The maximum Gasteiger partial charge on any atom is 0.353 e. The Labute approximate surface area is 159 Å². The van der Waals surface area contributed by atoms with Crippen molar-refractivity contribution in [2.24, 2.45) is 7.05 Å². The monoisotopic (exact) mass is 358 g/mol. The van der Waals surface area contributed by atoms with Gasteiger partial charge in [-0.3, -0.25) is 0 Å². The van der Waals surface area contributed by atoms with E-state index in [1.807, 2.05) is 31.2 Å². The summed E-state index contributed by atoms with van der Waals surface area (Å²) in [5.41, 5.74) is 6.11. The number of nitriles is 1. The lowest BCUT2D eigenvalue weighted by atomic mass is 9.96. The molecule has 1 heterocycles. The molecule has 27 heavy (non-hydrogen) atoms. The van der Waals surface area contributed by atoms with E-state index in [9.17, 15) is 15.2 Å². The maximum absolute atomic E-state index is 11.8. The van der Waals surface area contributed by atoms with Crippen molar-refractivity contribution in [2.45, 2.75) is 26.7 Å². The van der Waals surface area contributed by atoms with Crippen molar-refractivity contribution in [1.29, 1.82) is 5.26 Å². The van der Waals surface area contributed by atoms with Crippen molar-refractivity contribution < 1.29 is 9.90 Å². The lowest BCUT2D eigenvalue weighted by Crippen LogP contribution is -2.07. The SMILES string of the molecule is CCc1c(C#N)c(-c2ccc(C3=CC=C(C)C=CC3)cc2)c(C(=O)O)n1C. The second-order valence-electron chi connectivity index (χ2n) is 6.66. The van der Waals surface area contributed by atoms with E-state index in [1.54, 1.807) is 11.6 Å². The number of rotatable bonds is 4. The zero-order valence-electron chi connectivity index (χ0n) is 15.8. The quantitative estimate of drug-likeness (QED) is 0.825. The molecular formula is C23H22N2O2. The molecule has 1 aliphatic rings.